The molecule has 2 aromatic carbocycles. The summed E-state index contributed by atoms with van der Waals surface area (Å²) in [6.07, 6.45) is 2.09. The lowest BCUT2D eigenvalue weighted by Crippen LogP contribution is -2.19. The van der Waals surface area contributed by atoms with Crippen LogP contribution in [0.4, 0.5) is 5.69 Å². The van der Waals surface area contributed by atoms with Gasteiger partial charge >= 0.3 is 0 Å². The Morgan fingerprint density at radius 3 is 2.79 bits per heavy atom. The second-order valence-electron chi connectivity index (χ2n) is 5.38. The lowest BCUT2D eigenvalue weighted by molar-refractivity contribution is -0.116. The smallest absolute Gasteiger partial charge is 0.251 e. The quantitative estimate of drug-likeness (QED) is 0.757. The lowest BCUT2D eigenvalue weighted by atomic mass is 10.2. The highest BCUT2D eigenvalue weighted by atomic mass is 16.2. The molecule has 2 amide bonds. The van der Waals surface area contributed by atoms with Crippen molar-refractivity contribution in [2.75, 3.05) is 12.4 Å². The Morgan fingerprint density at radius 2 is 1.96 bits per heavy atom. The van der Waals surface area contributed by atoms with Crippen LogP contribution in [-0.4, -0.2) is 28.6 Å². The number of aryl methyl sites for hydroxylation is 1. The zero-order valence-corrected chi connectivity index (χ0v) is 13.3. The summed E-state index contributed by atoms with van der Waals surface area (Å²) >= 11 is 0. The van der Waals surface area contributed by atoms with Crippen molar-refractivity contribution < 1.29 is 9.59 Å². The van der Waals surface area contributed by atoms with Crippen LogP contribution in [0.2, 0.25) is 0 Å². The molecular formula is C18H18N4O2. The van der Waals surface area contributed by atoms with Crippen molar-refractivity contribution >= 4 is 28.4 Å². The van der Waals surface area contributed by atoms with Gasteiger partial charge in [0.05, 0.1) is 18.3 Å². The molecule has 122 valence electrons. The van der Waals surface area contributed by atoms with E-state index in [9.17, 15) is 9.59 Å². The van der Waals surface area contributed by atoms with E-state index >= 15 is 0 Å². The third-order valence-electron chi connectivity index (χ3n) is 3.74. The van der Waals surface area contributed by atoms with Crippen molar-refractivity contribution in [1.82, 2.24) is 15.1 Å². The summed E-state index contributed by atoms with van der Waals surface area (Å²) in [6.45, 7) is 0.495. The zero-order chi connectivity index (χ0) is 16.9. The molecule has 0 fully saturated rings. The summed E-state index contributed by atoms with van der Waals surface area (Å²) in [5.74, 6) is -0.308. The number of para-hydroxylation sites is 1. The molecule has 3 aromatic rings. The molecule has 0 radical (unpaired) electrons. The molecule has 0 saturated carbocycles. The standard InChI is InChI=1S/C18H18N4O2/c1-19-18(24)13-6-4-7-15(11-13)21-17(23)9-10-22-16-8-3-2-5-14(16)12-20-22/h2-8,11-12H,9-10H2,1H3,(H,19,24)(H,21,23). The molecule has 0 spiro atoms. The van der Waals surface area contributed by atoms with Gasteiger partial charge in [0.1, 0.15) is 0 Å². The van der Waals surface area contributed by atoms with Gasteiger partial charge in [-0.05, 0) is 24.3 Å². The first-order valence-electron chi connectivity index (χ1n) is 7.70. The van der Waals surface area contributed by atoms with E-state index in [2.05, 4.69) is 15.7 Å². The Labute approximate surface area is 139 Å². The second kappa shape index (κ2) is 6.95. The number of hydrogen-bond donors (Lipinski definition) is 2. The van der Waals surface area contributed by atoms with Gasteiger partial charge < -0.3 is 10.6 Å². The van der Waals surface area contributed by atoms with Crippen LogP contribution < -0.4 is 10.6 Å². The van der Waals surface area contributed by atoms with Crippen LogP contribution in [0.15, 0.2) is 54.7 Å². The van der Waals surface area contributed by atoms with Crippen LogP contribution in [0.3, 0.4) is 0 Å². The van der Waals surface area contributed by atoms with Gasteiger partial charge in [-0.15, -0.1) is 0 Å². The highest BCUT2D eigenvalue weighted by Crippen LogP contribution is 2.14. The molecule has 6 nitrogen and oxygen atoms in total. The lowest BCUT2D eigenvalue weighted by Gasteiger charge is -2.08. The number of carbonyl (C=O) groups excluding carboxylic acids is 2. The fourth-order valence-corrected chi connectivity index (χ4v) is 2.52. The minimum atomic E-state index is -0.186. The Hall–Kier alpha value is -3.15. The predicted octanol–water partition coefficient (Wildman–Crippen LogP) is 2.42. The number of nitrogens with one attached hydrogen (secondary N) is 2. The summed E-state index contributed by atoms with van der Waals surface area (Å²) in [5.41, 5.74) is 2.12. The van der Waals surface area contributed by atoms with Gasteiger partial charge in [0.2, 0.25) is 5.91 Å². The fourth-order valence-electron chi connectivity index (χ4n) is 2.52. The fraction of sp³-hybridized carbons (Fsp3) is 0.167. The minimum Gasteiger partial charge on any atom is -0.355 e. The Balaban J connectivity index is 1.63. The maximum atomic E-state index is 12.1. The van der Waals surface area contributed by atoms with Crippen LogP contribution in [0.1, 0.15) is 16.8 Å². The van der Waals surface area contributed by atoms with Crippen molar-refractivity contribution in [3.8, 4) is 0 Å². The largest absolute Gasteiger partial charge is 0.355 e. The molecule has 0 aliphatic rings. The van der Waals surface area contributed by atoms with Gasteiger partial charge in [-0.2, -0.15) is 5.10 Å². The Morgan fingerprint density at radius 1 is 1.12 bits per heavy atom. The first kappa shape index (κ1) is 15.7. The summed E-state index contributed by atoms with van der Waals surface area (Å²) in [4.78, 5) is 23.8. The van der Waals surface area contributed by atoms with E-state index in [-0.39, 0.29) is 11.8 Å². The van der Waals surface area contributed by atoms with E-state index in [1.165, 1.54) is 0 Å². The number of carbonyl (C=O) groups is 2. The van der Waals surface area contributed by atoms with Gasteiger partial charge in [0, 0.05) is 30.1 Å². The molecule has 6 heteroatoms. The number of rotatable bonds is 5. The highest BCUT2D eigenvalue weighted by Gasteiger charge is 2.08. The van der Waals surface area contributed by atoms with E-state index in [0.717, 1.165) is 10.9 Å². The number of aromatic nitrogens is 2. The SMILES string of the molecule is CNC(=O)c1cccc(NC(=O)CCn2ncc3ccccc32)c1. The summed E-state index contributed by atoms with van der Waals surface area (Å²) in [6, 6.07) is 14.7. The van der Waals surface area contributed by atoms with Crippen molar-refractivity contribution in [3.63, 3.8) is 0 Å². The van der Waals surface area contributed by atoms with Crippen molar-refractivity contribution in [2.24, 2.45) is 0 Å². The van der Waals surface area contributed by atoms with Crippen LogP contribution >= 0.6 is 0 Å². The average Bonchev–Trinajstić information content (AvgIpc) is 3.03. The number of nitrogens with zero attached hydrogens (tertiary/aromatic N) is 2. The normalized spacial score (nSPS) is 10.5. The highest BCUT2D eigenvalue weighted by molar-refractivity contribution is 5.97. The average molecular weight is 322 g/mol. The number of fused-ring (bicyclic) bond motifs is 1. The van der Waals surface area contributed by atoms with Gasteiger partial charge in [0.15, 0.2) is 0 Å². The maximum absolute atomic E-state index is 12.1. The molecule has 1 heterocycles. The Kier molecular flexibility index (Phi) is 4.56. The van der Waals surface area contributed by atoms with Gasteiger partial charge in [0.25, 0.3) is 5.91 Å². The molecule has 2 N–H and O–H groups in total. The van der Waals surface area contributed by atoms with Gasteiger partial charge in [-0.3, -0.25) is 14.3 Å². The molecule has 0 atom stereocenters. The molecule has 1 aromatic heterocycles. The summed E-state index contributed by atoms with van der Waals surface area (Å²) in [7, 11) is 1.57. The molecule has 0 aliphatic heterocycles. The third kappa shape index (κ3) is 3.43. The van der Waals surface area contributed by atoms with Crippen molar-refractivity contribution in [3.05, 3.63) is 60.3 Å². The van der Waals surface area contributed by atoms with Crippen molar-refractivity contribution in [2.45, 2.75) is 13.0 Å². The Bertz CT molecular complexity index is 885. The van der Waals surface area contributed by atoms with Crippen molar-refractivity contribution in [1.29, 1.82) is 0 Å². The number of hydrogen-bond acceptors (Lipinski definition) is 3. The van der Waals surface area contributed by atoms with Crippen LogP contribution in [-0.2, 0) is 11.3 Å². The zero-order valence-electron chi connectivity index (χ0n) is 13.3. The molecule has 0 saturated heterocycles. The van der Waals surface area contributed by atoms with E-state index < -0.39 is 0 Å². The first-order valence-corrected chi connectivity index (χ1v) is 7.70. The van der Waals surface area contributed by atoms with Crippen LogP contribution in [0.5, 0.6) is 0 Å². The third-order valence-corrected chi connectivity index (χ3v) is 3.74. The molecule has 24 heavy (non-hydrogen) atoms. The molecule has 0 unspecified atom stereocenters. The van der Waals surface area contributed by atoms with Crippen LogP contribution in [0.25, 0.3) is 10.9 Å². The van der Waals surface area contributed by atoms with Gasteiger partial charge in [-0.1, -0.05) is 24.3 Å². The van der Waals surface area contributed by atoms with E-state index in [1.807, 2.05) is 28.9 Å². The second-order valence-corrected chi connectivity index (χ2v) is 5.38. The molecule has 0 aliphatic carbocycles. The number of anilines is 1. The van der Waals surface area contributed by atoms with E-state index in [1.54, 1.807) is 37.5 Å². The maximum Gasteiger partial charge on any atom is 0.251 e. The van der Waals surface area contributed by atoms with E-state index in [0.29, 0.717) is 24.2 Å². The van der Waals surface area contributed by atoms with E-state index in [4.69, 9.17) is 0 Å². The predicted molar refractivity (Wildman–Crippen MR) is 92.8 cm³/mol. The minimum absolute atomic E-state index is 0.122. The van der Waals surface area contributed by atoms with Crippen LogP contribution in [0, 0.1) is 0 Å². The number of amides is 2. The summed E-state index contributed by atoms with van der Waals surface area (Å²) in [5, 5.41) is 10.7. The topological polar surface area (TPSA) is 76.0 Å². The monoisotopic (exact) mass is 322 g/mol. The number of benzene rings is 2. The molecule has 0 bridgehead atoms. The first-order chi connectivity index (χ1) is 11.7. The summed E-state index contributed by atoms with van der Waals surface area (Å²) < 4.78 is 1.82. The molecule has 3 rings (SSSR count). The molecular weight excluding hydrogens is 304 g/mol. The van der Waals surface area contributed by atoms with Gasteiger partial charge in [-0.25, -0.2) is 0 Å².